The van der Waals surface area contributed by atoms with E-state index in [9.17, 15) is 9.59 Å². The third-order valence-electron chi connectivity index (χ3n) is 4.04. The summed E-state index contributed by atoms with van der Waals surface area (Å²) in [5.74, 6) is 0.0258. The van der Waals surface area contributed by atoms with Crippen molar-refractivity contribution in [1.82, 2.24) is 10.1 Å². The van der Waals surface area contributed by atoms with Crippen LogP contribution in [0.3, 0.4) is 0 Å². The molecule has 0 fully saturated rings. The molecule has 2 N–H and O–H groups in total. The smallest absolute Gasteiger partial charge is 0.276 e. The molecular formula is C18H19ClN4O3. The van der Waals surface area contributed by atoms with E-state index in [0.717, 1.165) is 22.7 Å². The standard InChI is InChI=1S/C18H19ClN4O3/c1-11-3-4-12(2)23(11)22-18(25)10-26-16-7-5-13(9-14(16)19)15-6-8-17(24)21-20-15/h3-5,7,9H,6,8,10H2,1-2H3,(H,21,24)(H,22,25). The second-order valence-electron chi connectivity index (χ2n) is 6.01. The van der Waals surface area contributed by atoms with Crippen LogP contribution in [0.4, 0.5) is 0 Å². The van der Waals surface area contributed by atoms with Gasteiger partial charge in [-0.15, -0.1) is 0 Å². The van der Waals surface area contributed by atoms with Crippen LogP contribution in [0.25, 0.3) is 0 Å². The first-order valence-electron chi connectivity index (χ1n) is 8.17. The molecule has 26 heavy (non-hydrogen) atoms. The minimum atomic E-state index is -0.285. The summed E-state index contributed by atoms with van der Waals surface area (Å²) in [6.45, 7) is 3.65. The summed E-state index contributed by atoms with van der Waals surface area (Å²) in [5, 5.41) is 4.41. The zero-order valence-corrected chi connectivity index (χ0v) is 15.3. The highest BCUT2D eigenvalue weighted by Gasteiger charge is 2.15. The predicted octanol–water partition coefficient (Wildman–Crippen LogP) is 2.52. The molecule has 3 rings (SSSR count). The molecule has 1 aliphatic rings. The number of rotatable bonds is 5. The fraction of sp³-hybridized carbons (Fsp3) is 0.278. The van der Waals surface area contributed by atoms with Gasteiger partial charge in [-0.1, -0.05) is 11.6 Å². The van der Waals surface area contributed by atoms with Crippen molar-refractivity contribution >= 4 is 29.1 Å². The van der Waals surface area contributed by atoms with E-state index in [2.05, 4.69) is 16.0 Å². The Labute approximate surface area is 155 Å². The SMILES string of the molecule is Cc1ccc(C)n1NC(=O)COc1ccc(C2=NNC(=O)CC2)cc1Cl. The van der Waals surface area contributed by atoms with Crippen molar-refractivity contribution in [3.8, 4) is 5.75 Å². The fourth-order valence-electron chi connectivity index (χ4n) is 2.62. The van der Waals surface area contributed by atoms with Gasteiger partial charge in [0.05, 0.1) is 10.7 Å². The van der Waals surface area contributed by atoms with Gasteiger partial charge in [-0.2, -0.15) is 5.10 Å². The molecule has 0 radical (unpaired) electrons. The van der Waals surface area contributed by atoms with Crippen LogP contribution in [0.2, 0.25) is 5.02 Å². The van der Waals surface area contributed by atoms with Crippen molar-refractivity contribution in [2.45, 2.75) is 26.7 Å². The van der Waals surface area contributed by atoms with Crippen molar-refractivity contribution in [2.24, 2.45) is 5.10 Å². The van der Waals surface area contributed by atoms with Gasteiger partial charge in [-0.25, -0.2) is 5.43 Å². The molecule has 136 valence electrons. The first-order chi connectivity index (χ1) is 12.4. The molecule has 0 unspecified atom stereocenters. The van der Waals surface area contributed by atoms with Crippen LogP contribution in [-0.2, 0) is 9.59 Å². The Morgan fingerprint density at radius 1 is 1.27 bits per heavy atom. The molecule has 0 atom stereocenters. The number of nitrogens with zero attached hydrogens (tertiary/aromatic N) is 2. The number of carbonyl (C=O) groups is 2. The molecule has 8 heteroatoms. The number of halogens is 1. The van der Waals surface area contributed by atoms with E-state index in [0.29, 0.717) is 23.6 Å². The summed E-state index contributed by atoms with van der Waals surface area (Å²) in [6.07, 6.45) is 0.952. The Morgan fingerprint density at radius 3 is 2.62 bits per heavy atom. The average molecular weight is 375 g/mol. The lowest BCUT2D eigenvalue weighted by molar-refractivity contribution is -0.121. The topological polar surface area (TPSA) is 84.7 Å². The third kappa shape index (κ3) is 4.05. The van der Waals surface area contributed by atoms with Crippen molar-refractivity contribution in [3.63, 3.8) is 0 Å². The maximum absolute atomic E-state index is 12.1. The summed E-state index contributed by atoms with van der Waals surface area (Å²) in [7, 11) is 0. The fourth-order valence-corrected chi connectivity index (χ4v) is 2.86. The number of hydrogen-bond acceptors (Lipinski definition) is 4. The second kappa shape index (κ2) is 7.61. The van der Waals surface area contributed by atoms with Crippen molar-refractivity contribution in [2.75, 3.05) is 12.0 Å². The van der Waals surface area contributed by atoms with Gasteiger partial charge < -0.3 is 4.74 Å². The van der Waals surface area contributed by atoms with Gasteiger partial charge >= 0.3 is 0 Å². The average Bonchev–Trinajstić information content (AvgIpc) is 2.93. The van der Waals surface area contributed by atoms with Gasteiger partial charge in [0, 0.05) is 24.2 Å². The maximum atomic E-state index is 12.1. The van der Waals surface area contributed by atoms with E-state index in [-0.39, 0.29) is 18.4 Å². The molecule has 1 aromatic carbocycles. The van der Waals surface area contributed by atoms with Crippen molar-refractivity contribution < 1.29 is 14.3 Å². The number of nitrogens with one attached hydrogen (secondary N) is 2. The Morgan fingerprint density at radius 2 is 2.00 bits per heavy atom. The molecule has 0 bridgehead atoms. The monoisotopic (exact) mass is 374 g/mol. The zero-order valence-electron chi connectivity index (χ0n) is 14.5. The lowest BCUT2D eigenvalue weighted by atomic mass is 10.0. The summed E-state index contributed by atoms with van der Waals surface area (Å²) < 4.78 is 7.22. The van der Waals surface area contributed by atoms with Gasteiger partial charge in [0.1, 0.15) is 5.75 Å². The van der Waals surface area contributed by atoms with E-state index < -0.39 is 0 Å². The summed E-state index contributed by atoms with van der Waals surface area (Å²) >= 11 is 6.25. The number of hydrogen-bond donors (Lipinski definition) is 2. The van der Waals surface area contributed by atoms with Crippen LogP contribution in [-0.4, -0.2) is 28.8 Å². The first kappa shape index (κ1) is 18.0. The van der Waals surface area contributed by atoms with Crippen LogP contribution in [0.1, 0.15) is 29.8 Å². The highest BCUT2D eigenvalue weighted by atomic mass is 35.5. The predicted molar refractivity (Wildman–Crippen MR) is 99.1 cm³/mol. The van der Waals surface area contributed by atoms with Gasteiger partial charge in [-0.05, 0) is 49.7 Å². The Kier molecular flexibility index (Phi) is 5.27. The van der Waals surface area contributed by atoms with Crippen LogP contribution in [0.15, 0.2) is 35.4 Å². The minimum absolute atomic E-state index is 0.0982. The lowest BCUT2D eigenvalue weighted by Crippen LogP contribution is -2.29. The van der Waals surface area contributed by atoms with E-state index in [4.69, 9.17) is 16.3 Å². The molecule has 0 aliphatic carbocycles. The van der Waals surface area contributed by atoms with Crippen LogP contribution in [0.5, 0.6) is 5.75 Å². The molecule has 2 heterocycles. The number of hydrazone groups is 1. The highest BCUT2D eigenvalue weighted by molar-refractivity contribution is 6.32. The number of benzene rings is 1. The Hall–Kier alpha value is -2.80. The van der Waals surface area contributed by atoms with Gasteiger partial charge in [0.25, 0.3) is 5.91 Å². The number of ether oxygens (including phenoxy) is 1. The van der Waals surface area contributed by atoms with Crippen molar-refractivity contribution in [3.05, 3.63) is 52.3 Å². The maximum Gasteiger partial charge on any atom is 0.276 e. The molecule has 0 saturated carbocycles. The van der Waals surface area contributed by atoms with Gasteiger partial charge in [0.15, 0.2) is 6.61 Å². The Bertz CT molecular complexity index is 869. The molecule has 2 amide bonds. The molecule has 2 aromatic rings. The van der Waals surface area contributed by atoms with E-state index in [1.165, 1.54) is 0 Å². The highest BCUT2D eigenvalue weighted by Crippen LogP contribution is 2.26. The van der Waals surface area contributed by atoms with Gasteiger partial charge in [0.2, 0.25) is 5.91 Å². The van der Waals surface area contributed by atoms with Crippen LogP contribution < -0.4 is 15.6 Å². The molecule has 1 aliphatic heterocycles. The third-order valence-corrected chi connectivity index (χ3v) is 4.33. The Balaban J connectivity index is 1.62. The summed E-state index contributed by atoms with van der Waals surface area (Å²) in [5.41, 5.74) is 8.65. The zero-order chi connectivity index (χ0) is 18.7. The quantitative estimate of drug-likeness (QED) is 0.843. The van der Waals surface area contributed by atoms with Gasteiger partial charge in [-0.3, -0.25) is 19.7 Å². The molecule has 0 saturated heterocycles. The number of amides is 2. The first-order valence-corrected chi connectivity index (χ1v) is 8.55. The number of aromatic nitrogens is 1. The van der Waals surface area contributed by atoms with E-state index in [1.54, 1.807) is 22.9 Å². The summed E-state index contributed by atoms with van der Waals surface area (Å²) in [6, 6.07) is 9.04. The summed E-state index contributed by atoms with van der Waals surface area (Å²) in [4.78, 5) is 23.2. The lowest BCUT2D eigenvalue weighted by Gasteiger charge is -2.14. The normalized spacial score (nSPS) is 13.8. The van der Waals surface area contributed by atoms with Crippen LogP contribution >= 0.6 is 11.6 Å². The molecule has 7 nitrogen and oxygen atoms in total. The van der Waals surface area contributed by atoms with E-state index in [1.807, 2.05) is 26.0 Å². The molecule has 1 aromatic heterocycles. The number of carbonyl (C=O) groups excluding carboxylic acids is 2. The molecule has 0 spiro atoms. The largest absolute Gasteiger partial charge is 0.482 e. The number of aryl methyl sites for hydroxylation is 2. The molecular weight excluding hydrogens is 356 g/mol. The van der Waals surface area contributed by atoms with Crippen LogP contribution in [0, 0.1) is 13.8 Å². The van der Waals surface area contributed by atoms with Crippen molar-refractivity contribution in [1.29, 1.82) is 0 Å². The minimum Gasteiger partial charge on any atom is -0.482 e. The van der Waals surface area contributed by atoms with E-state index >= 15 is 0 Å². The second-order valence-corrected chi connectivity index (χ2v) is 6.42.